The summed E-state index contributed by atoms with van der Waals surface area (Å²) < 4.78 is 31.2. The summed E-state index contributed by atoms with van der Waals surface area (Å²) in [6, 6.07) is 27.4. The lowest BCUT2D eigenvalue weighted by atomic mass is 9.99. The SMILES string of the molecule is C=C(CCO)CCC(C(=O)OCCOC(=O)C(CCCCO)C(=O)OCc1ccccc1)C(=O)OCc1ccccc1.O=C1OCCCCC1C(=O)OCc1ccccc1.OCCO. The second kappa shape index (κ2) is 33.6. The van der Waals surface area contributed by atoms with Gasteiger partial charge in [0.05, 0.1) is 19.8 Å². The molecule has 0 amide bonds. The van der Waals surface area contributed by atoms with Gasteiger partial charge < -0.3 is 48.8 Å². The highest BCUT2D eigenvalue weighted by Crippen LogP contribution is 2.20. The Morgan fingerprint density at radius 2 is 1.02 bits per heavy atom. The van der Waals surface area contributed by atoms with E-state index in [4.69, 9.17) is 48.8 Å². The predicted molar refractivity (Wildman–Crippen MR) is 231 cm³/mol. The average Bonchev–Trinajstić information content (AvgIpc) is 3.54. The van der Waals surface area contributed by atoms with Crippen LogP contribution < -0.4 is 0 Å². The van der Waals surface area contributed by atoms with Crippen LogP contribution in [0.2, 0.25) is 0 Å². The minimum atomic E-state index is -1.24. The molecule has 350 valence electrons. The largest absolute Gasteiger partial charge is 0.465 e. The van der Waals surface area contributed by atoms with Crippen molar-refractivity contribution in [2.24, 2.45) is 17.8 Å². The predicted octanol–water partition coefficient (Wildman–Crippen LogP) is 4.72. The highest BCUT2D eigenvalue weighted by Gasteiger charge is 2.33. The van der Waals surface area contributed by atoms with Gasteiger partial charge in [-0.15, -0.1) is 0 Å². The van der Waals surface area contributed by atoms with E-state index in [9.17, 15) is 28.8 Å². The Bertz CT molecular complexity index is 1800. The Hall–Kier alpha value is -5.94. The van der Waals surface area contributed by atoms with Gasteiger partial charge in [-0.1, -0.05) is 103 Å². The molecule has 16 heteroatoms. The van der Waals surface area contributed by atoms with Crippen molar-refractivity contribution in [2.45, 2.75) is 77.6 Å². The van der Waals surface area contributed by atoms with Crippen molar-refractivity contribution in [3.63, 3.8) is 0 Å². The van der Waals surface area contributed by atoms with Crippen molar-refractivity contribution < 1.29 is 77.6 Å². The van der Waals surface area contributed by atoms with Crippen molar-refractivity contribution in [2.75, 3.05) is 46.2 Å². The third kappa shape index (κ3) is 22.9. The van der Waals surface area contributed by atoms with Crippen LogP contribution in [0, 0.1) is 17.8 Å². The monoisotopic (exact) mass is 894 g/mol. The van der Waals surface area contributed by atoms with E-state index in [1.165, 1.54) is 0 Å². The lowest BCUT2D eigenvalue weighted by Crippen LogP contribution is -2.31. The Morgan fingerprint density at radius 1 is 0.562 bits per heavy atom. The third-order valence-corrected chi connectivity index (χ3v) is 9.34. The van der Waals surface area contributed by atoms with Gasteiger partial charge >= 0.3 is 35.8 Å². The van der Waals surface area contributed by atoms with Crippen molar-refractivity contribution in [1.29, 1.82) is 0 Å². The molecule has 0 radical (unpaired) electrons. The molecule has 3 aromatic rings. The molecule has 1 aliphatic heterocycles. The summed E-state index contributed by atoms with van der Waals surface area (Å²) >= 11 is 0. The van der Waals surface area contributed by atoms with Gasteiger partial charge in [0.1, 0.15) is 33.0 Å². The van der Waals surface area contributed by atoms with Gasteiger partial charge in [0.25, 0.3) is 0 Å². The zero-order chi connectivity index (χ0) is 46.8. The van der Waals surface area contributed by atoms with Crippen LogP contribution in [0.5, 0.6) is 0 Å². The molecule has 1 fully saturated rings. The molecule has 1 saturated heterocycles. The van der Waals surface area contributed by atoms with Crippen LogP contribution in [0.1, 0.15) is 74.5 Å². The van der Waals surface area contributed by atoms with E-state index in [1.807, 2.05) is 42.5 Å². The fraction of sp³-hybridized carbons (Fsp3) is 0.458. The molecule has 0 saturated carbocycles. The first-order chi connectivity index (χ1) is 31.0. The number of hydrogen-bond acceptors (Lipinski definition) is 16. The van der Waals surface area contributed by atoms with Crippen LogP contribution in [0.3, 0.4) is 0 Å². The maximum absolute atomic E-state index is 12.8. The number of cyclic esters (lactones) is 1. The standard InChI is InChI=1S/C32H40O10.C14H16O4.C2H6O2/c1-24(17-19-34)15-16-28(32(38)42-23-26-12-6-3-7-13-26)30(36)40-21-20-39-29(35)27(14-8-9-18-33)31(37)41-22-25-10-4-2-5-11-25;15-13-12(8-4-5-9-17-13)14(16)18-10-11-6-2-1-3-7-11;3-1-2-4/h2-7,10-13,27-28,33-34H,1,8-9,14-23H2;1-3,6-7,12H,4-5,8-10H2;3-4H,1-2H2. The smallest absolute Gasteiger partial charge is 0.320 e. The van der Waals surface area contributed by atoms with Gasteiger partial charge in [-0.3, -0.25) is 28.8 Å². The minimum absolute atomic E-state index is 0.00639. The van der Waals surface area contributed by atoms with Crippen LogP contribution >= 0.6 is 0 Å². The molecular formula is C48H62O16. The molecule has 0 aromatic heterocycles. The average molecular weight is 895 g/mol. The number of hydrogen-bond donors (Lipinski definition) is 4. The number of rotatable bonds is 24. The van der Waals surface area contributed by atoms with Gasteiger partial charge in [-0.05, 0) is 74.5 Å². The van der Waals surface area contributed by atoms with Crippen LogP contribution in [-0.2, 0) is 77.0 Å². The van der Waals surface area contributed by atoms with Crippen molar-refractivity contribution in [1.82, 2.24) is 0 Å². The van der Waals surface area contributed by atoms with Crippen LogP contribution in [0.15, 0.2) is 103 Å². The summed E-state index contributed by atoms with van der Waals surface area (Å²) in [5.41, 5.74) is 3.10. The molecular weight excluding hydrogens is 833 g/mol. The highest BCUT2D eigenvalue weighted by atomic mass is 16.6. The number of aliphatic hydroxyl groups is 4. The van der Waals surface area contributed by atoms with Gasteiger partial charge in [-0.25, -0.2) is 0 Å². The van der Waals surface area contributed by atoms with Crippen LogP contribution in [0.25, 0.3) is 0 Å². The molecule has 3 unspecified atom stereocenters. The van der Waals surface area contributed by atoms with E-state index in [0.717, 1.165) is 29.5 Å². The topological polar surface area (TPSA) is 239 Å². The van der Waals surface area contributed by atoms with Crippen molar-refractivity contribution >= 4 is 35.8 Å². The summed E-state index contributed by atoms with van der Waals surface area (Å²) in [6.45, 7) is 3.31. The van der Waals surface area contributed by atoms with E-state index >= 15 is 0 Å². The summed E-state index contributed by atoms with van der Waals surface area (Å²) in [5.74, 6) is -7.31. The summed E-state index contributed by atoms with van der Waals surface area (Å²) in [6.07, 6.45) is 3.79. The van der Waals surface area contributed by atoms with Gasteiger partial charge in [0, 0.05) is 13.2 Å². The molecule has 1 aliphatic rings. The maximum atomic E-state index is 12.8. The lowest BCUT2D eigenvalue weighted by Gasteiger charge is -2.17. The van der Waals surface area contributed by atoms with Crippen molar-refractivity contribution in [3.8, 4) is 0 Å². The van der Waals surface area contributed by atoms with Crippen LogP contribution in [0.4, 0.5) is 0 Å². The van der Waals surface area contributed by atoms with Crippen molar-refractivity contribution in [3.05, 3.63) is 120 Å². The normalized spacial score (nSPS) is 13.9. The number of ether oxygens (including phenoxy) is 6. The van der Waals surface area contributed by atoms with E-state index in [1.54, 1.807) is 48.5 Å². The van der Waals surface area contributed by atoms with Gasteiger partial charge in [0.15, 0.2) is 17.8 Å². The minimum Gasteiger partial charge on any atom is -0.465 e. The van der Waals surface area contributed by atoms with Gasteiger partial charge in [0.2, 0.25) is 0 Å². The second-order valence-corrected chi connectivity index (χ2v) is 14.4. The number of benzene rings is 3. The number of carbonyl (C=O) groups is 6. The van der Waals surface area contributed by atoms with E-state index in [2.05, 4.69) is 6.58 Å². The summed E-state index contributed by atoms with van der Waals surface area (Å²) in [5, 5.41) is 33.4. The molecule has 3 aromatic carbocycles. The Kier molecular flexibility index (Phi) is 28.4. The number of aliphatic hydroxyl groups excluding tert-OH is 4. The number of unbranched alkanes of at least 4 members (excludes halogenated alkanes) is 1. The van der Waals surface area contributed by atoms with E-state index < -0.39 is 53.6 Å². The zero-order valence-corrected chi connectivity index (χ0v) is 36.2. The molecule has 0 spiro atoms. The maximum Gasteiger partial charge on any atom is 0.320 e. The zero-order valence-electron chi connectivity index (χ0n) is 36.2. The first kappa shape index (κ1) is 54.2. The molecule has 1 heterocycles. The summed E-state index contributed by atoms with van der Waals surface area (Å²) in [7, 11) is 0. The van der Waals surface area contributed by atoms with Crippen LogP contribution in [-0.4, -0.2) is 102 Å². The molecule has 16 nitrogen and oxygen atoms in total. The Labute approximate surface area is 374 Å². The Balaban J connectivity index is 0.000000524. The molecule has 3 atom stereocenters. The molecule has 64 heavy (non-hydrogen) atoms. The van der Waals surface area contributed by atoms with E-state index in [-0.39, 0.29) is 72.3 Å². The molecule has 4 rings (SSSR count). The summed E-state index contributed by atoms with van der Waals surface area (Å²) in [4.78, 5) is 74.3. The number of esters is 6. The third-order valence-electron chi connectivity index (χ3n) is 9.34. The first-order valence-corrected chi connectivity index (χ1v) is 21.3. The Morgan fingerprint density at radius 3 is 1.47 bits per heavy atom. The molecule has 0 aliphatic carbocycles. The second-order valence-electron chi connectivity index (χ2n) is 14.4. The highest BCUT2D eigenvalue weighted by molar-refractivity contribution is 5.96. The molecule has 0 bridgehead atoms. The lowest BCUT2D eigenvalue weighted by molar-refractivity contribution is -0.169. The molecule has 4 N–H and O–H groups in total. The fourth-order valence-corrected chi connectivity index (χ4v) is 5.79. The number of carbonyl (C=O) groups excluding carboxylic acids is 6. The fourth-order valence-electron chi connectivity index (χ4n) is 5.79. The van der Waals surface area contributed by atoms with Gasteiger partial charge in [-0.2, -0.15) is 0 Å². The first-order valence-electron chi connectivity index (χ1n) is 21.3. The quantitative estimate of drug-likeness (QED) is 0.0313. The van der Waals surface area contributed by atoms with E-state index in [0.29, 0.717) is 44.3 Å².